The highest BCUT2D eigenvalue weighted by Gasteiger charge is 2.14. The number of hydrogen-bond acceptors (Lipinski definition) is 4. The average molecular weight is 206 g/mol. The van der Waals surface area contributed by atoms with Gasteiger partial charge in [0.25, 0.3) is 0 Å². The van der Waals surface area contributed by atoms with E-state index in [9.17, 15) is 0 Å². The van der Waals surface area contributed by atoms with E-state index in [1.807, 2.05) is 6.20 Å². The van der Waals surface area contributed by atoms with E-state index in [0.717, 1.165) is 16.6 Å². The number of nitrogens with two attached hydrogens (primary N) is 1. The zero-order valence-corrected chi connectivity index (χ0v) is 9.03. The van der Waals surface area contributed by atoms with Gasteiger partial charge in [0.05, 0.1) is 7.11 Å². The molecule has 0 amide bonds. The molecule has 2 heterocycles. The Labute approximate surface area is 87.7 Å². The van der Waals surface area contributed by atoms with E-state index in [1.54, 1.807) is 7.11 Å². The van der Waals surface area contributed by atoms with Crippen LogP contribution in [0.25, 0.3) is 11.0 Å². The number of H-pyrrole nitrogens is 1. The maximum atomic E-state index is 5.61. The van der Waals surface area contributed by atoms with Crippen molar-refractivity contribution in [2.45, 2.75) is 19.8 Å². The van der Waals surface area contributed by atoms with E-state index in [4.69, 9.17) is 10.5 Å². The third-order valence-corrected chi connectivity index (χ3v) is 2.35. The fraction of sp³-hybridized carbons (Fsp3) is 0.400. The summed E-state index contributed by atoms with van der Waals surface area (Å²) in [5.41, 5.74) is 8.38. The van der Waals surface area contributed by atoms with Crippen LogP contribution < -0.4 is 10.5 Å². The fourth-order valence-corrected chi connectivity index (χ4v) is 1.60. The molecule has 0 aliphatic heterocycles. The number of ether oxygens (including phenoxy) is 1. The van der Waals surface area contributed by atoms with Crippen LogP contribution in [0.2, 0.25) is 0 Å². The third-order valence-electron chi connectivity index (χ3n) is 2.35. The van der Waals surface area contributed by atoms with Crippen molar-refractivity contribution >= 4 is 17.0 Å². The van der Waals surface area contributed by atoms with Gasteiger partial charge in [-0.15, -0.1) is 0 Å². The molecule has 0 bridgehead atoms. The summed E-state index contributed by atoms with van der Waals surface area (Å²) in [6.45, 7) is 4.21. The van der Waals surface area contributed by atoms with Crippen molar-refractivity contribution < 1.29 is 4.74 Å². The van der Waals surface area contributed by atoms with Gasteiger partial charge in [0, 0.05) is 6.20 Å². The summed E-state index contributed by atoms with van der Waals surface area (Å²) in [6, 6.07) is 0. The first kappa shape index (κ1) is 9.76. The number of methoxy groups -OCH3 is 1. The molecule has 0 unspecified atom stereocenters. The first-order chi connectivity index (χ1) is 7.13. The number of rotatable bonds is 2. The molecule has 0 spiro atoms. The molecule has 3 N–H and O–H groups in total. The van der Waals surface area contributed by atoms with Gasteiger partial charge in [0.2, 0.25) is 11.8 Å². The number of nitrogen functional groups attached to an aromatic ring is 1. The van der Waals surface area contributed by atoms with Gasteiger partial charge < -0.3 is 15.5 Å². The maximum absolute atomic E-state index is 5.61. The average Bonchev–Trinajstić information content (AvgIpc) is 2.59. The maximum Gasteiger partial charge on any atom is 0.243 e. The van der Waals surface area contributed by atoms with Crippen LogP contribution in [0.1, 0.15) is 25.3 Å². The molecule has 0 saturated heterocycles. The van der Waals surface area contributed by atoms with Gasteiger partial charge in [0.1, 0.15) is 11.0 Å². The van der Waals surface area contributed by atoms with E-state index in [2.05, 4.69) is 28.8 Å². The molecular weight excluding hydrogens is 192 g/mol. The number of aromatic amines is 1. The highest BCUT2D eigenvalue weighted by atomic mass is 16.5. The van der Waals surface area contributed by atoms with Crippen LogP contribution in [0.5, 0.6) is 5.88 Å². The first-order valence-corrected chi connectivity index (χ1v) is 4.82. The van der Waals surface area contributed by atoms with Crippen molar-refractivity contribution in [3.8, 4) is 5.88 Å². The lowest BCUT2D eigenvalue weighted by molar-refractivity contribution is 0.402. The Morgan fingerprint density at radius 1 is 1.40 bits per heavy atom. The summed E-state index contributed by atoms with van der Waals surface area (Å²) >= 11 is 0. The second-order valence-corrected chi connectivity index (χ2v) is 3.71. The quantitative estimate of drug-likeness (QED) is 0.783. The second-order valence-electron chi connectivity index (χ2n) is 3.71. The van der Waals surface area contributed by atoms with Gasteiger partial charge in [-0.3, -0.25) is 0 Å². The lowest BCUT2D eigenvalue weighted by Crippen LogP contribution is -1.99. The van der Waals surface area contributed by atoms with Crippen molar-refractivity contribution in [1.29, 1.82) is 0 Å². The van der Waals surface area contributed by atoms with E-state index in [-0.39, 0.29) is 5.95 Å². The van der Waals surface area contributed by atoms with Crippen LogP contribution in [0, 0.1) is 0 Å². The summed E-state index contributed by atoms with van der Waals surface area (Å²) < 4.78 is 5.14. The van der Waals surface area contributed by atoms with Crippen molar-refractivity contribution in [2.24, 2.45) is 0 Å². The molecule has 0 atom stereocenters. The lowest BCUT2D eigenvalue weighted by atomic mass is 10.1. The second kappa shape index (κ2) is 3.42. The molecule has 5 nitrogen and oxygen atoms in total. The normalized spacial score (nSPS) is 11.2. The van der Waals surface area contributed by atoms with Gasteiger partial charge in [-0.05, 0) is 11.5 Å². The van der Waals surface area contributed by atoms with Crippen molar-refractivity contribution in [1.82, 2.24) is 15.0 Å². The molecular formula is C10H14N4O. The lowest BCUT2D eigenvalue weighted by Gasteiger charge is -2.04. The van der Waals surface area contributed by atoms with Crippen LogP contribution in [0.4, 0.5) is 5.95 Å². The molecule has 0 aliphatic carbocycles. The largest absolute Gasteiger partial charge is 0.479 e. The Balaban J connectivity index is 2.75. The standard InChI is InChI=1S/C10H14N4O/c1-5(2)6-4-12-8-7(6)13-10(11)14-9(8)15-3/h4-5,12H,1-3H3,(H2,11,13,14). The minimum absolute atomic E-state index is 0.237. The summed E-state index contributed by atoms with van der Waals surface area (Å²) in [5, 5.41) is 0. The smallest absolute Gasteiger partial charge is 0.243 e. The van der Waals surface area contributed by atoms with E-state index in [0.29, 0.717) is 11.8 Å². The van der Waals surface area contributed by atoms with Crippen molar-refractivity contribution in [3.05, 3.63) is 11.8 Å². The van der Waals surface area contributed by atoms with E-state index < -0.39 is 0 Å². The Hall–Kier alpha value is -1.78. The Morgan fingerprint density at radius 3 is 2.73 bits per heavy atom. The monoisotopic (exact) mass is 206 g/mol. The van der Waals surface area contributed by atoms with Crippen molar-refractivity contribution in [2.75, 3.05) is 12.8 Å². The summed E-state index contributed by atoms with van der Waals surface area (Å²) in [5.74, 6) is 1.11. The molecule has 0 fully saturated rings. The molecule has 2 rings (SSSR count). The summed E-state index contributed by atoms with van der Waals surface area (Å²) in [6.07, 6.45) is 1.92. The minimum Gasteiger partial charge on any atom is -0.479 e. The van der Waals surface area contributed by atoms with E-state index in [1.165, 1.54) is 0 Å². The van der Waals surface area contributed by atoms with Crippen LogP contribution in [0.15, 0.2) is 6.20 Å². The van der Waals surface area contributed by atoms with Crippen LogP contribution in [0.3, 0.4) is 0 Å². The number of fused-ring (bicyclic) bond motifs is 1. The number of nitrogens with zero attached hydrogens (tertiary/aromatic N) is 2. The van der Waals surface area contributed by atoms with Gasteiger partial charge in [-0.25, -0.2) is 4.98 Å². The third kappa shape index (κ3) is 1.49. The zero-order valence-electron chi connectivity index (χ0n) is 9.03. The highest BCUT2D eigenvalue weighted by Crippen LogP contribution is 2.28. The molecule has 80 valence electrons. The number of anilines is 1. The fourth-order valence-electron chi connectivity index (χ4n) is 1.60. The summed E-state index contributed by atoms with van der Waals surface area (Å²) in [4.78, 5) is 11.3. The molecule has 0 aliphatic rings. The molecule has 0 aromatic carbocycles. The van der Waals surface area contributed by atoms with Gasteiger partial charge in [-0.1, -0.05) is 13.8 Å². The van der Waals surface area contributed by atoms with Gasteiger partial charge in [-0.2, -0.15) is 4.98 Å². The number of nitrogens with one attached hydrogen (secondary N) is 1. The number of hydrogen-bond donors (Lipinski definition) is 2. The predicted molar refractivity (Wildman–Crippen MR) is 58.9 cm³/mol. The Kier molecular flexibility index (Phi) is 2.22. The first-order valence-electron chi connectivity index (χ1n) is 4.82. The van der Waals surface area contributed by atoms with Crippen LogP contribution in [-0.2, 0) is 0 Å². The topological polar surface area (TPSA) is 76.8 Å². The molecule has 2 aromatic heterocycles. The van der Waals surface area contributed by atoms with Gasteiger partial charge >= 0.3 is 0 Å². The Morgan fingerprint density at radius 2 is 2.13 bits per heavy atom. The van der Waals surface area contributed by atoms with Crippen LogP contribution >= 0.6 is 0 Å². The minimum atomic E-state index is 0.237. The number of aromatic nitrogens is 3. The molecule has 5 heteroatoms. The SMILES string of the molecule is COc1nc(N)nc2c(C(C)C)c[nH]c12. The summed E-state index contributed by atoms with van der Waals surface area (Å²) in [7, 11) is 1.57. The highest BCUT2D eigenvalue weighted by molar-refractivity contribution is 5.84. The molecule has 0 radical (unpaired) electrons. The predicted octanol–water partition coefficient (Wildman–Crippen LogP) is 1.67. The molecule has 15 heavy (non-hydrogen) atoms. The van der Waals surface area contributed by atoms with Crippen molar-refractivity contribution in [3.63, 3.8) is 0 Å². The van der Waals surface area contributed by atoms with Gasteiger partial charge in [0.15, 0.2) is 0 Å². The molecule has 2 aromatic rings. The van der Waals surface area contributed by atoms with Crippen LogP contribution in [-0.4, -0.2) is 22.1 Å². The molecule has 0 saturated carbocycles. The Bertz CT molecular complexity index is 489. The van der Waals surface area contributed by atoms with E-state index >= 15 is 0 Å². The zero-order chi connectivity index (χ0) is 11.0.